The second kappa shape index (κ2) is 7.84. The standard InChI is InChI=1S/C21H26N8O2/c1-4-16(21(30)29-9-15-6-14(29)10-31-15)26-18-17-20(25-11-24-18)28(5-2)19(27-17)13-7-22-12(3)23-8-13/h7-8,11,14-16H,4-6,9-10H2,1-3H3,(H,24,25,26)/t14-,15+,16+/m0/s1. The predicted molar refractivity (Wildman–Crippen MR) is 114 cm³/mol. The minimum absolute atomic E-state index is 0.0899. The van der Waals surface area contributed by atoms with E-state index in [0.717, 1.165) is 17.8 Å². The monoisotopic (exact) mass is 422 g/mol. The second-order valence-corrected chi connectivity index (χ2v) is 8.03. The van der Waals surface area contributed by atoms with E-state index in [1.54, 1.807) is 12.4 Å². The summed E-state index contributed by atoms with van der Waals surface area (Å²) in [5.74, 6) is 2.09. The summed E-state index contributed by atoms with van der Waals surface area (Å²) in [6.07, 6.45) is 6.79. The summed E-state index contributed by atoms with van der Waals surface area (Å²) < 4.78 is 7.65. The number of nitrogens with one attached hydrogen (secondary N) is 1. The zero-order valence-corrected chi connectivity index (χ0v) is 17.9. The molecule has 1 amide bonds. The van der Waals surface area contributed by atoms with Gasteiger partial charge < -0.3 is 19.5 Å². The van der Waals surface area contributed by atoms with Gasteiger partial charge in [0.2, 0.25) is 5.91 Å². The SMILES string of the molecule is CC[C@@H](Nc1ncnc2c1nc(-c1cnc(C)nc1)n2CC)C(=O)N1C[C@H]2C[C@H]1CO2. The lowest BCUT2D eigenvalue weighted by molar-refractivity contribution is -0.136. The Labute approximate surface area is 180 Å². The highest BCUT2D eigenvalue weighted by Gasteiger charge is 2.43. The Bertz CT molecular complexity index is 1110. The van der Waals surface area contributed by atoms with Gasteiger partial charge in [-0.25, -0.2) is 24.9 Å². The van der Waals surface area contributed by atoms with Crippen molar-refractivity contribution in [3.05, 3.63) is 24.5 Å². The molecule has 0 radical (unpaired) electrons. The van der Waals surface area contributed by atoms with Crippen molar-refractivity contribution in [3.8, 4) is 11.4 Å². The number of carbonyl (C=O) groups is 1. The van der Waals surface area contributed by atoms with Crippen LogP contribution in [0.15, 0.2) is 18.7 Å². The van der Waals surface area contributed by atoms with Crippen LogP contribution in [-0.4, -0.2) is 71.6 Å². The molecule has 2 saturated heterocycles. The van der Waals surface area contributed by atoms with E-state index in [4.69, 9.17) is 9.72 Å². The average Bonchev–Trinajstić information content (AvgIpc) is 3.51. The van der Waals surface area contributed by atoms with Gasteiger partial charge in [-0.1, -0.05) is 6.92 Å². The summed E-state index contributed by atoms with van der Waals surface area (Å²) in [5.41, 5.74) is 2.16. The van der Waals surface area contributed by atoms with Crippen molar-refractivity contribution in [2.75, 3.05) is 18.5 Å². The van der Waals surface area contributed by atoms with Crippen LogP contribution >= 0.6 is 0 Å². The zero-order chi connectivity index (χ0) is 21.5. The summed E-state index contributed by atoms with van der Waals surface area (Å²) in [6.45, 7) is 7.87. The van der Waals surface area contributed by atoms with Gasteiger partial charge in [0.15, 0.2) is 17.0 Å². The number of hydrogen-bond acceptors (Lipinski definition) is 8. The minimum Gasteiger partial charge on any atom is -0.374 e. The molecule has 3 aromatic rings. The summed E-state index contributed by atoms with van der Waals surface area (Å²) in [6, 6.07) is -0.193. The van der Waals surface area contributed by atoms with Crippen LogP contribution in [0.3, 0.4) is 0 Å². The predicted octanol–water partition coefficient (Wildman–Crippen LogP) is 1.80. The van der Waals surface area contributed by atoms with Gasteiger partial charge in [0.25, 0.3) is 0 Å². The Morgan fingerprint density at radius 1 is 1.26 bits per heavy atom. The first kappa shape index (κ1) is 19.8. The second-order valence-electron chi connectivity index (χ2n) is 8.03. The van der Waals surface area contributed by atoms with Crippen LogP contribution in [0.5, 0.6) is 0 Å². The number of amides is 1. The van der Waals surface area contributed by atoms with Gasteiger partial charge in [-0.3, -0.25) is 4.79 Å². The Morgan fingerprint density at radius 2 is 2.06 bits per heavy atom. The first-order valence-corrected chi connectivity index (χ1v) is 10.8. The topological polar surface area (TPSA) is 111 Å². The molecule has 2 bridgehead atoms. The van der Waals surface area contributed by atoms with Crippen LogP contribution in [0.4, 0.5) is 5.82 Å². The lowest BCUT2D eigenvalue weighted by Gasteiger charge is -2.30. The van der Waals surface area contributed by atoms with Crippen molar-refractivity contribution in [1.82, 2.24) is 34.4 Å². The summed E-state index contributed by atoms with van der Waals surface area (Å²) in [7, 11) is 0. The van der Waals surface area contributed by atoms with Crippen LogP contribution in [-0.2, 0) is 16.1 Å². The van der Waals surface area contributed by atoms with Crippen molar-refractivity contribution in [1.29, 1.82) is 0 Å². The van der Waals surface area contributed by atoms with E-state index in [1.807, 2.05) is 30.2 Å². The molecule has 0 unspecified atom stereocenters. The molecule has 10 nitrogen and oxygen atoms in total. The van der Waals surface area contributed by atoms with Crippen molar-refractivity contribution in [2.45, 2.75) is 58.3 Å². The van der Waals surface area contributed by atoms with Crippen LogP contribution in [0, 0.1) is 6.92 Å². The third-order valence-electron chi connectivity index (χ3n) is 6.09. The third kappa shape index (κ3) is 3.40. The van der Waals surface area contributed by atoms with Crippen molar-refractivity contribution >= 4 is 22.9 Å². The lowest BCUT2D eigenvalue weighted by atomic mass is 10.1. The van der Waals surface area contributed by atoms with E-state index in [-0.39, 0.29) is 24.1 Å². The summed E-state index contributed by atoms with van der Waals surface area (Å²) in [5, 5.41) is 3.34. The molecule has 0 aromatic carbocycles. The molecule has 0 saturated carbocycles. The Balaban J connectivity index is 1.48. The largest absolute Gasteiger partial charge is 0.374 e. The molecule has 2 aliphatic rings. The highest BCUT2D eigenvalue weighted by atomic mass is 16.5. The Hall–Kier alpha value is -3.14. The highest BCUT2D eigenvalue weighted by molar-refractivity contribution is 5.90. The lowest BCUT2D eigenvalue weighted by Crippen LogP contribution is -2.48. The summed E-state index contributed by atoms with van der Waals surface area (Å²) in [4.78, 5) is 37.5. The number of ether oxygens (including phenoxy) is 1. The molecule has 0 spiro atoms. The van der Waals surface area contributed by atoms with Gasteiger partial charge in [0.1, 0.15) is 24.0 Å². The fourth-order valence-electron chi connectivity index (χ4n) is 4.44. The maximum atomic E-state index is 13.2. The molecule has 2 aliphatic heterocycles. The van der Waals surface area contributed by atoms with Gasteiger partial charge in [-0.2, -0.15) is 0 Å². The number of morpholine rings is 1. The van der Waals surface area contributed by atoms with Crippen LogP contribution in [0.2, 0.25) is 0 Å². The van der Waals surface area contributed by atoms with Crippen molar-refractivity contribution in [3.63, 3.8) is 0 Å². The molecule has 10 heteroatoms. The molecule has 2 fully saturated rings. The van der Waals surface area contributed by atoms with Gasteiger partial charge in [0.05, 0.1) is 24.3 Å². The summed E-state index contributed by atoms with van der Waals surface area (Å²) >= 11 is 0. The third-order valence-corrected chi connectivity index (χ3v) is 6.09. The molecule has 162 valence electrons. The smallest absolute Gasteiger partial charge is 0.245 e. The van der Waals surface area contributed by atoms with Crippen LogP contribution < -0.4 is 5.32 Å². The fraction of sp³-hybridized carbons (Fsp3) is 0.524. The maximum absolute atomic E-state index is 13.2. The molecule has 31 heavy (non-hydrogen) atoms. The molecule has 5 rings (SSSR count). The van der Waals surface area contributed by atoms with E-state index < -0.39 is 0 Å². The van der Waals surface area contributed by atoms with Gasteiger partial charge in [0, 0.05) is 25.5 Å². The van der Waals surface area contributed by atoms with Gasteiger partial charge in [-0.05, 0) is 26.7 Å². The van der Waals surface area contributed by atoms with Crippen molar-refractivity contribution < 1.29 is 9.53 Å². The molecule has 1 N–H and O–H groups in total. The van der Waals surface area contributed by atoms with E-state index >= 15 is 0 Å². The fourth-order valence-corrected chi connectivity index (χ4v) is 4.44. The Kier molecular flexibility index (Phi) is 5.01. The number of carbonyl (C=O) groups excluding carboxylic acids is 1. The van der Waals surface area contributed by atoms with Crippen LogP contribution in [0.25, 0.3) is 22.6 Å². The van der Waals surface area contributed by atoms with Crippen LogP contribution in [0.1, 0.15) is 32.5 Å². The minimum atomic E-state index is -0.379. The van der Waals surface area contributed by atoms with Crippen molar-refractivity contribution in [2.24, 2.45) is 0 Å². The quantitative estimate of drug-likeness (QED) is 0.640. The number of aromatic nitrogens is 6. The van der Waals surface area contributed by atoms with E-state index in [0.29, 0.717) is 48.9 Å². The van der Waals surface area contributed by atoms with E-state index in [2.05, 4.69) is 25.3 Å². The number of nitrogens with zero attached hydrogens (tertiary/aromatic N) is 7. The molecular formula is C21H26N8O2. The van der Waals surface area contributed by atoms with E-state index in [1.165, 1.54) is 6.33 Å². The van der Waals surface area contributed by atoms with E-state index in [9.17, 15) is 4.79 Å². The molecule has 5 heterocycles. The average molecular weight is 422 g/mol. The number of aryl methyl sites for hydroxylation is 2. The molecule has 3 aromatic heterocycles. The molecule has 0 aliphatic carbocycles. The van der Waals surface area contributed by atoms with Gasteiger partial charge >= 0.3 is 0 Å². The molecule has 3 atom stereocenters. The maximum Gasteiger partial charge on any atom is 0.245 e. The normalized spacial score (nSPS) is 21.1. The number of hydrogen-bond donors (Lipinski definition) is 1. The first-order valence-electron chi connectivity index (χ1n) is 10.8. The highest BCUT2D eigenvalue weighted by Crippen LogP contribution is 2.30. The molecular weight excluding hydrogens is 396 g/mol. The number of likely N-dealkylation sites (tertiary alicyclic amines) is 1. The van der Waals surface area contributed by atoms with Gasteiger partial charge in [-0.15, -0.1) is 0 Å². The Morgan fingerprint density at radius 3 is 2.71 bits per heavy atom. The number of rotatable bonds is 6. The number of fused-ring (bicyclic) bond motifs is 3. The number of anilines is 1. The number of imidazole rings is 1. The zero-order valence-electron chi connectivity index (χ0n) is 17.9. The first-order chi connectivity index (χ1) is 15.1.